The molecule has 4 aromatic rings. The third-order valence-electron chi connectivity index (χ3n) is 6.87. The molecule has 0 fully saturated rings. The predicted molar refractivity (Wildman–Crippen MR) is 169 cm³/mol. The third-order valence-corrected chi connectivity index (χ3v) is 9.15. The third kappa shape index (κ3) is 8.30. The maximum absolute atomic E-state index is 14.3. The largest absolute Gasteiger partial charge is 0.355 e. The molecule has 0 radical (unpaired) electrons. The molecule has 0 unspecified atom stereocenters. The highest BCUT2D eigenvalue weighted by Crippen LogP contribution is 2.26. The number of aryl methyl sites for hydroxylation is 1. The Balaban J connectivity index is 1.79. The van der Waals surface area contributed by atoms with Gasteiger partial charge in [0.25, 0.3) is 10.0 Å². The first-order valence-corrected chi connectivity index (χ1v) is 16.0. The number of hydrogen-bond acceptors (Lipinski definition) is 4. The summed E-state index contributed by atoms with van der Waals surface area (Å²) in [4.78, 5) is 29.1. The van der Waals surface area contributed by atoms with E-state index in [0.29, 0.717) is 6.54 Å². The van der Waals surface area contributed by atoms with Gasteiger partial charge in [0.1, 0.15) is 18.4 Å². The molecule has 4 aromatic carbocycles. The molecule has 0 bridgehead atoms. The minimum atomic E-state index is -4.30. The Morgan fingerprint density at radius 2 is 1.53 bits per heavy atom. The van der Waals surface area contributed by atoms with Gasteiger partial charge in [0.05, 0.1) is 10.6 Å². The Bertz CT molecular complexity index is 1650. The van der Waals surface area contributed by atoms with Crippen LogP contribution < -0.4 is 9.62 Å². The zero-order chi connectivity index (χ0) is 31.0. The van der Waals surface area contributed by atoms with Crippen LogP contribution in [-0.4, -0.2) is 44.3 Å². The van der Waals surface area contributed by atoms with Gasteiger partial charge in [-0.2, -0.15) is 0 Å². The smallest absolute Gasteiger partial charge is 0.264 e. The summed E-state index contributed by atoms with van der Waals surface area (Å²) in [5.41, 5.74) is 2.78. The van der Waals surface area contributed by atoms with Gasteiger partial charge in [-0.1, -0.05) is 76.1 Å². The van der Waals surface area contributed by atoms with Crippen LogP contribution in [0.1, 0.15) is 23.6 Å². The first-order valence-electron chi connectivity index (χ1n) is 13.8. The van der Waals surface area contributed by atoms with Crippen molar-refractivity contribution in [2.24, 2.45) is 0 Å². The van der Waals surface area contributed by atoms with E-state index in [-0.39, 0.29) is 29.5 Å². The van der Waals surface area contributed by atoms with Gasteiger partial charge in [-0.3, -0.25) is 13.9 Å². The fourth-order valence-corrected chi connectivity index (χ4v) is 6.51. The summed E-state index contributed by atoms with van der Waals surface area (Å²) in [6, 6.07) is 27.0. The SMILES string of the molecule is CCNC(=O)[C@@H](Cc1ccccc1)N(Cc1cccc(Br)c1)C(=O)CN(c1ccc(C)cc1)S(=O)(=O)c1ccc(F)cc1. The Hall–Kier alpha value is -4.02. The lowest BCUT2D eigenvalue weighted by atomic mass is 10.0. The summed E-state index contributed by atoms with van der Waals surface area (Å²) in [7, 11) is -4.30. The normalized spacial score (nSPS) is 11.9. The van der Waals surface area contributed by atoms with Gasteiger partial charge < -0.3 is 10.2 Å². The van der Waals surface area contributed by atoms with Crippen molar-refractivity contribution in [2.75, 3.05) is 17.4 Å². The van der Waals surface area contributed by atoms with Crippen molar-refractivity contribution in [3.05, 3.63) is 130 Å². The quantitative estimate of drug-likeness (QED) is 0.205. The minimum absolute atomic E-state index is 0.0608. The van der Waals surface area contributed by atoms with Crippen LogP contribution in [0.4, 0.5) is 10.1 Å². The molecule has 0 aliphatic carbocycles. The highest BCUT2D eigenvalue weighted by atomic mass is 79.9. The molecule has 1 atom stereocenters. The molecule has 0 heterocycles. The Labute approximate surface area is 260 Å². The molecule has 1 N–H and O–H groups in total. The Morgan fingerprint density at radius 3 is 2.16 bits per heavy atom. The van der Waals surface area contributed by atoms with Gasteiger partial charge in [0.2, 0.25) is 11.8 Å². The maximum Gasteiger partial charge on any atom is 0.264 e. The first-order chi connectivity index (χ1) is 20.6. The zero-order valence-electron chi connectivity index (χ0n) is 23.9. The average molecular weight is 667 g/mol. The van der Waals surface area contributed by atoms with Crippen LogP contribution in [0, 0.1) is 12.7 Å². The number of anilines is 1. The van der Waals surface area contributed by atoms with Gasteiger partial charge in [0.15, 0.2) is 0 Å². The monoisotopic (exact) mass is 665 g/mol. The molecule has 0 saturated carbocycles. The van der Waals surface area contributed by atoms with Crippen LogP contribution in [0.3, 0.4) is 0 Å². The fraction of sp³-hybridized carbons (Fsp3) is 0.212. The van der Waals surface area contributed by atoms with Crippen molar-refractivity contribution in [3.63, 3.8) is 0 Å². The molecular formula is C33H33BrFN3O4S. The summed E-state index contributed by atoms with van der Waals surface area (Å²) in [5.74, 6) is -1.50. The molecule has 2 amide bonds. The molecule has 224 valence electrons. The molecule has 0 aliphatic heterocycles. The number of nitrogens with one attached hydrogen (secondary N) is 1. The lowest BCUT2D eigenvalue weighted by molar-refractivity contribution is -0.140. The van der Waals surface area contributed by atoms with Gasteiger partial charge in [0, 0.05) is 24.0 Å². The summed E-state index contributed by atoms with van der Waals surface area (Å²) < 4.78 is 43.4. The number of nitrogens with zero attached hydrogens (tertiary/aromatic N) is 2. The summed E-state index contributed by atoms with van der Waals surface area (Å²) >= 11 is 3.47. The van der Waals surface area contributed by atoms with Crippen molar-refractivity contribution < 1.29 is 22.4 Å². The second-order valence-corrected chi connectivity index (χ2v) is 12.8. The van der Waals surface area contributed by atoms with E-state index in [9.17, 15) is 22.4 Å². The van der Waals surface area contributed by atoms with Crippen molar-refractivity contribution in [3.8, 4) is 0 Å². The number of benzene rings is 4. The second-order valence-electron chi connectivity index (χ2n) is 10.1. The van der Waals surface area contributed by atoms with Crippen LogP contribution in [0.5, 0.6) is 0 Å². The molecule has 0 spiro atoms. The van der Waals surface area contributed by atoms with Crippen LogP contribution in [0.2, 0.25) is 0 Å². The molecular weight excluding hydrogens is 633 g/mol. The minimum Gasteiger partial charge on any atom is -0.355 e. The summed E-state index contributed by atoms with van der Waals surface area (Å²) in [5, 5.41) is 2.84. The molecule has 43 heavy (non-hydrogen) atoms. The summed E-state index contributed by atoms with van der Waals surface area (Å²) in [6.45, 7) is 3.50. The van der Waals surface area contributed by atoms with Crippen LogP contribution >= 0.6 is 15.9 Å². The molecule has 0 aromatic heterocycles. The van der Waals surface area contributed by atoms with Crippen molar-refractivity contribution in [1.29, 1.82) is 0 Å². The highest BCUT2D eigenvalue weighted by Gasteiger charge is 2.34. The number of likely N-dealkylation sites (N-methyl/N-ethyl adjacent to an activating group) is 1. The first kappa shape index (κ1) is 31.9. The molecule has 4 rings (SSSR count). The molecule has 0 saturated heterocycles. The van der Waals surface area contributed by atoms with E-state index in [0.717, 1.165) is 37.6 Å². The van der Waals surface area contributed by atoms with Crippen molar-refractivity contribution >= 4 is 43.5 Å². The standard InChI is InChI=1S/C33H33BrFN3O4S/c1-3-36-33(40)31(21-25-8-5-4-6-9-25)37(22-26-10-7-11-27(34)20-26)32(39)23-38(29-16-12-24(2)13-17-29)43(41,42)30-18-14-28(35)15-19-30/h4-20,31H,3,21-23H2,1-2H3,(H,36,40)/t31-/m1/s1. The number of sulfonamides is 1. The lowest BCUT2D eigenvalue weighted by Crippen LogP contribution is -2.53. The number of rotatable bonds is 12. The topological polar surface area (TPSA) is 86.8 Å². The highest BCUT2D eigenvalue weighted by molar-refractivity contribution is 9.10. The van der Waals surface area contributed by atoms with Gasteiger partial charge in [-0.25, -0.2) is 12.8 Å². The number of carbonyl (C=O) groups is 2. The van der Waals surface area contributed by atoms with E-state index < -0.39 is 34.3 Å². The summed E-state index contributed by atoms with van der Waals surface area (Å²) in [6.07, 6.45) is 0.224. The van der Waals surface area contributed by atoms with E-state index in [1.807, 2.05) is 61.5 Å². The molecule has 0 aliphatic rings. The Morgan fingerprint density at radius 1 is 0.884 bits per heavy atom. The number of hydrogen-bond donors (Lipinski definition) is 1. The van der Waals surface area contributed by atoms with Gasteiger partial charge in [-0.05, 0) is 73.5 Å². The van der Waals surface area contributed by atoms with Crippen LogP contribution in [0.15, 0.2) is 112 Å². The van der Waals surface area contributed by atoms with E-state index in [2.05, 4.69) is 21.2 Å². The van der Waals surface area contributed by atoms with Crippen molar-refractivity contribution in [2.45, 2.75) is 37.8 Å². The van der Waals surface area contributed by atoms with E-state index in [4.69, 9.17) is 0 Å². The molecule has 10 heteroatoms. The zero-order valence-corrected chi connectivity index (χ0v) is 26.3. The number of halogens is 2. The van der Waals surface area contributed by atoms with Gasteiger partial charge in [-0.15, -0.1) is 0 Å². The fourth-order valence-electron chi connectivity index (χ4n) is 4.65. The number of carbonyl (C=O) groups excluding carboxylic acids is 2. The molecule has 7 nitrogen and oxygen atoms in total. The van der Waals surface area contributed by atoms with Crippen molar-refractivity contribution in [1.82, 2.24) is 10.2 Å². The number of amides is 2. The maximum atomic E-state index is 14.3. The second kappa shape index (κ2) is 14.4. The predicted octanol–water partition coefficient (Wildman–Crippen LogP) is 5.87. The van der Waals surface area contributed by atoms with E-state index >= 15 is 0 Å². The van der Waals surface area contributed by atoms with E-state index in [1.165, 1.54) is 17.0 Å². The Kier molecular flexibility index (Phi) is 10.7. The van der Waals surface area contributed by atoms with Gasteiger partial charge >= 0.3 is 0 Å². The van der Waals surface area contributed by atoms with Crippen LogP contribution in [-0.2, 0) is 32.6 Å². The van der Waals surface area contributed by atoms with Crippen LogP contribution in [0.25, 0.3) is 0 Å². The average Bonchev–Trinajstić information content (AvgIpc) is 2.99. The van der Waals surface area contributed by atoms with E-state index in [1.54, 1.807) is 31.2 Å². The lowest BCUT2D eigenvalue weighted by Gasteiger charge is -2.34.